The normalized spacial score (nSPS) is 19.8. The van der Waals surface area contributed by atoms with Gasteiger partial charge < -0.3 is 5.32 Å². The van der Waals surface area contributed by atoms with E-state index in [1.54, 1.807) is 0 Å². The first-order valence-corrected chi connectivity index (χ1v) is 4.59. The summed E-state index contributed by atoms with van der Waals surface area (Å²) in [6.07, 6.45) is 1.15. The van der Waals surface area contributed by atoms with Gasteiger partial charge in [-0.05, 0) is 36.1 Å². The zero-order valence-electron chi connectivity index (χ0n) is 7.67. The molecule has 0 aliphatic carbocycles. The number of nitrogens with zero attached hydrogens (tertiary/aromatic N) is 1. The van der Waals surface area contributed by atoms with Gasteiger partial charge in [0, 0.05) is 12.2 Å². The minimum atomic E-state index is 0.574. The number of nitriles is 1. The Hall–Kier alpha value is -1.49. The first-order chi connectivity index (χ1) is 6.31. The molecule has 13 heavy (non-hydrogen) atoms. The Kier molecular flexibility index (Phi) is 1.94. The fourth-order valence-corrected chi connectivity index (χ4v) is 1.78. The van der Waals surface area contributed by atoms with Crippen molar-refractivity contribution in [3.63, 3.8) is 0 Å². The predicted octanol–water partition coefficient (Wildman–Crippen LogP) is 2.48. The van der Waals surface area contributed by atoms with Gasteiger partial charge >= 0.3 is 0 Å². The molecule has 0 bridgehead atoms. The van der Waals surface area contributed by atoms with Crippen molar-refractivity contribution >= 4 is 5.69 Å². The number of fused-ring (bicyclic) bond motifs is 1. The second-order valence-electron chi connectivity index (χ2n) is 3.53. The van der Waals surface area contributed by atoms with Crippen LogP contribution in [-0.4, -0.2) is 6.54 Å². The van der Waals surface area contributed by atoms with Crippen molar-refractivity contribution in [3.8, 4) is 6.07 Å². The third-order valence-electron chi connectivity index (χ3n) is 2.60. The van der Waals surface area contributed by atoms with Crippen LogP contribution in [-0.2, 0) is 0 Å². The summed E-state index contributed by atoms with van der Waals surface area (Å²) < 4.78 is 0. The van der Waals surface area contributed by atoms with Gasteiger partial charge in [-0.2, -0.15) is 5.26 Å². The highest BCUT2D eigenvalue weighted by Crippen LogP contribution is 2.31. The number of benzene rings is 1. The Bertz CT molecular complexity index is 363. The smallest absolute Gasteiger partial charge is 0.0991 e. The fraction of sp³-hybridized carbons (Fsp3) is 0.364. The van der Waals surface area contributed by atoms with Crippen LogP contribution in [0, 0.1) is 11.3 Å². The van der Waals surface area contributed by atoms with Crippen molar-refractivity contribution in [3.05, 3.63) is 29.3 Å². The van der Waals surface area contributed by atoms with Gasteiger partial charge in [0.2, 0.25) is 0 Å². The Labute approximate surface area is 78.2 Å². The summed E-state index contributed by atoms with van der Waals surface area (Å²) in [5.74, 6) is 0.574. The molecule has 0 amide bonds. The Morgan fingerprint density at radius 1 is 1.54 bits per heavy atom. The quantitative estimate of drug-likeness (QED) is 0.652. The maximum atomic E-state index is 8.76. The highest BCUT2D eigenvalue weighted by Gasteiger charge is 2.15. The van der Waals surface area contributed by atoms with E-state index in [4.69, 9.17) is 5.26 Å². The molecule has 0 saturated heterocycles. The van der Waals surface area contributed by atoms with Gasteiger partial charge in [-0.1, -0.05) is 6.92 Å². The lowest BCUT2D eigenvalue weighted by Gasteiger charge is -2.23. The number of hydrogen-bond acceptors (Lipinski definition) is 2. The molecule has 1 unspecified atom stereocenters. The Balaban J connectivity index is 2.48. The highest BCUT2D eigenvalue weighted by atomic mass is 14.9. The summed E-state index contributed by atoms with van der Waals surface area (Å²) in [7, 11) is 0. The van der Waals surface area contributed by atoms with E-state index in [2.05, 4.69) is 18.3 Å². The summed E-state index contributed by atoms with van der Waals surface area (Å²) in [5.41, 5.74) is 3.23. The van der Waals surface area contributed by atoms with E-state index in [0.29, 0.717) is 5.92 Å². The number of anilines is 1. The van der Waals surface area contributed by atoms with Crippen LogP contribution < -0.4 is 5.32 Å². The van der Waals surface area contributed by atoms with Crippen LogP contribution in [0.4, 0.5) is 5.69 Å². The number of rotatable bonds is 0. The molecular formula is C11H12N2. The molecular weight excluding hydrogens is 160 g/mol. The average Bonchev–Trinajstić information content (AvgIpc) is 2.18. The van der Waals surface area contributed by atoms with E-state index in [9.17, 15) is 0 Å². The minimum absolute atomic E-state index is 0.574. The summed E-state index contributed by atoms with van der Waals surface area (Å²) in [4.78, 5) is 0. The summed E-state index contributed by atoms with van der Waals surface area (Å²) >= 11 is 0. The zero-order valence-corrected chi connectivity index (χ0v) is 7.67. The molecule has 1 aromatic rings. The lowest BCUT2D eigenvalue weighted by molar-refractivity contribution is 0.683. The van der Waals surface area contributed by atoms with Gasteiger partial charge in [0.05, 0.1) is 11.6 Å². The molecule has 0 spiro atoms. The SMILES string of the molecule is CC1CCNc2ccc(C#N)cc21. The first kappa shape index (κ1) is 8.12. The van der Waals surface area contributed by atoms with E-state index >= 15 is 0 Å². The molecule has 2 heteroatoms. The van der Waals surface area contributed by atoms with E-state index in [1.807, 2.05) is 18.2 Å². The van der Waals surface area contributed by atoms with Crippen LogP contribution in [0.3, 0.4) is 0 Å². The van der Waals surface area contributed by atoms with Crippen molar-refractivity contribution in [1.29, 1.82) is 5.26 Å². The van der Waals surface area contributed by atoms with Crippen LogP contribution in [0.2, 0.25) is 0 Å². The van der Waals surface area contributed by atoms with Crippen molar-refractivity contribution in [2.24, 2.45) is 0 Å². The lowest BCUT2D eigenvalue weighted by Crippen LogP contribution is -2.14. The Morgan fingerprint density at radius 2 is 2.38 bits per heavy atom. The molecule has 1 atom stereocenters. The molecule has 1 aliphatic heterocycles. The zero-order chi connectivity index (χ0) is 9.26. The third kappa shape index (κ3) is 1.38. The van der Waals surface area contributed by atoms with E-state index in [0.717, 1.165) is 18.5 Å². The van der Waals surface area contributed by atoms with Gasteiger partial charge in [-0.25, -0.2) is 0 Å². The standard InChI is InChI=1S/C11H12N2/c1-8-4-5-13-11-3-2-9(7-12)6-10(8)11/h2-3,6,8,13H,4-5H2,1H3. The molecule has 0 aromatic heterocycles. The molecule has 0 radical (unpaired) electrons. The molecule has 0 saturated carbocycles. The maximum Gasteiger partial charge on any atom is 0.0991 e. The van der Waals surface area contributed by atoms with Crippen LogP contribution >= 0.6 is 0 Å². The molecule has 2 nitrogen and oxygen atoms in total. The van der Waals surface area contributed by atoms with Crippen molar-refractivity contribution in [1.82, 2.24) is 0 Å². The second-order valence-corrected chi connectivity index (χ2v) is 3.53. The molecule has 1 aromatic carbocycles. The number of hydrogen-bond donors (Lipinski definition) is 1. The fourth-order valence-electron chi connectivity index (χ4n) is 1.78. The molecule has 66 valence electrons. The molecule has 2 rings (SSSR count). The van der Waals surface area contributed by atoms with Gasteiger partial charge in [0.15, 0.2) is 0 Å². The predicted molar refractivity (Wildman–Crippen MR) is 52.7 cm³/mol. The van der Waals surface area contributed by atoms with Crippen LogP contribution in [0.1, 0.15) is 30.4 Å². The van der Waals surface area contributed by atoms with E-state index in [1.165, 1.54) is 11.3 Å². The van der Waals surface area contributed by atoms with Gasteiger partial charge in [0.1, 0.15) is 0 Å². The molecule has 1 N–H and O–H groups in total. The first-order valence-electron chi connectivity index (χ1n) is 4.59. The molecule has 1 aliphatic rings. The van der Waals surface area contributed by atoms with E-state index < -0.39 is 0 Å². The topological polar surface area (TPSA) is 35.8 Å². The highest BCUT2D eigenvalue weighted by molar-refractivity contribution is 5.57. The lowest BCUT2D eigenvalue weighted by atomic mass is 9.91. The summed E-state index contributed by atoms with van der Waals surface area (Å²) in [5, 5.41) is 12.1. The average molecular weight is 172 g/mol. The van der Waals surface area contributed by atoms with Gasteiger partial charge in [-0.15, -0.1) is 0 Å². The van der Waals surface area contributed by atoms with Crippen LogP contribution in [0.5, 0.6) is 0 Å². The Morgan fingerprint density at radius 3 is 3.15 bits per heavy atom. The molecule has 1 heterocycles. The summed E-state index contributed by atoms with van der Waals surface area (Å²) in [6.45, 7) is 3.25. The van der Waals surface area contributed by atoms with Gasteiger partial charge in [0.25, 0.3) is 0 Å². The van der Waals surface area contributed by atoms with Gasteiger partial charge in [-0.3, -0.25) is 0 Å². The summed E-state index contributed by atoms with van der Waals surface area (Å²) in [6, 6.07) is 8.03. The van der Waals surface area contributed by atoms with E-state index in [-0.39, 0.29) is 0 Å². The maximum absolute atomic E-state index is 8.76. The minimum Gasteiger partial charge on any atom is -0.385 e. The van der Waals surface area contributed by atoms with Crippen molar-refractivity contribution in [2.45, 2.75) is 19.3 Å². The van der Waals surface area contributed by atoms with Crippen LogP contribution in [0.15, 0.2) is 18.2 Å². The largest absolute Gasteiger partial charge is 0.385 e. The number of nitrogens with one attached hydrogen (secondary N) is 1. The van der Waals surface area contributed by atoms with Crippen LogP contribution in [0.25, 0.3) is 0 Å². The van der Waals surface area contributed by atoms with Crippen molar-refractivity contribution in [2.75, 3.05) is 11.9 Å². The van der Waals surface area contributed by atoms with Crippen molar-refractivity contribution < 1.29 is 0 Å². The monoisotopic (exact) mass is 172 g/mol. The second kappa shape index (κ2) is 3.10. The molecule has 0 fully saturated rings. The third-order valence-corrected chi connectivity index (χ3v) is 2.60.